The molecule has 0 saturated carbocycles. The van der Waals surface area contributed by atoms with Crippen LogP contribution in [0.1, 0.15) is 32.0 Å². The van der Waals surface area contributed by atoms with Gasteiger partial charge in [0.2, 0.25) is 0 Å². The Labute approximate surface area is 113 Å². The van der Waals surface area contributed by atoms with Crippen molar-refractivity contribution in [3.05, 3.63) is 41.8 Å². The average Bonchev–Trinajstić information content (AvgIpc) is 2.73. The fourth-order valence-corrected chi connectivity index (χ4v) is 1.55. The summed E-state index contributed by atoms with van der Waals surface area (Å²) in [5, 5.41) is 3.35. The van der Waals surface area contributed by atoms with E-state index in [0.717, 1.165) is 17.0 Å². The molecule has 4 nitrogen and oxygen atoms in total. The lowest BCUT2D eigenvalue weighted by Crippen LogP contribution is -2.35. The summed E-state index contributed by atoms with van der Waals surface area (Å²) in [5.74, 6) is 0.734. The predicted octanol–water partition coefficient (Wildman–Crippen LogP) is 3.66. The fraction of sp³-hybridized carbons (Fsp3) is 0.400. The third kappa shape index (κ3) is 4.41. The second-order valence-electron chi connectivity index (χ2n) is 5.63. The van der Waals surface area contributed by atoms with Crippen molar-refractivity contribution in [3.63, 3.8) is 0 Å². The van der Waals surface area contributed by atoms with Crippen LogP contribution in [-0.2, 0) is 6.54 Å². The highest BCUT2D eigenvalue weighted by molar-refractivity contribution is 5.29. The first-order chi connectivity index (χ1) is 8.92. The van der Waals surface area contributed by atoms with Gasteiger partial charge in [-0.05, 0) is 45.4 Å². The summed E-state index contributed by atoms with van der Waals surface area (Å²) in [5.41, 5.74) is 2.02. The summed E-state index contributed by atoms with van der Waals surface area (Å²) in [6, 6.07) is 7.78. The number of aromatic nitrogens is 1. The summed E-state index contributed by atoms with van der Waals surface area (Å²) in [7, 11) is 0. The normalized spacial score (nSPS) is 11.6. The molecule has 1 heterocycles. The fourth-order valence-electron chi connectivity index (χ4n) is 1.55. The Morgan fingerprint density at radius 1 is 1.32 bits per heavy atom. The lowest BCUT2D eigenvalue weighted by Gasteiger charge is -2.19. The minimum Gasteiger partial charge on any atom is -0.417 e. The molecule has 1 aromatic heterocycles. The van der Waals surface area contributed by atoms with Crippen molar-refractivity contribution in [1.82, 2.24) is 10.3 Å². The smallest absolute Gasteiger partial charge is 0.399 e. The lowest BCUT2D eigenvalue weighted by molar-refractivity contribution is 0.330. The molecule has 4 heteroatoms. The molecular formula is C15H20N2O2. The van der Waals surface area contributed by atoms with E-state index in [1.165, 1.54) is 0 Å². The van der Waals surface area contributed by atoms with Crippen molar-refractivity contribution in [2.75, 3.05) is 0 Å². The van der Waals surface area contributed by atoms with Crippen LogP contribution in [-0.4, -0.2) is 10.5 Å². The van der Waals surface area contributed by atoms with E-state index >= 15 is 0 Å². The van der Waals surface area contributed by atoms with E-state index in [1.54, 1.807) is 6.26 Å². The van der Waals surface area contributed by atoms with Gasteiger partial charge in [0.05, 0.1) is 5.69 Å². The highest BCUT2D eigenvalue weighted by Gasteiger charge is 2.11. The van der Waals surface area contributed by atoms with Gasteiger partial charge in [-0.15, -0.1) is 0 Å². The molecule has 0 atom stereocenters. The Bertz CT molecular complexity index is 541. The van der Waals surface area contributed by atoms with Gasteiger partial charge in [0, 0.05) is 12.1 Å². The third-order valence-corrected chi connectivity index (χ3v) is 2.53. The van der Waals surface area contributed by atoms with Gasteiger partial charge >= 0.3 is 6.08 Å². The van der Waals surface area contributed by atoms with E-state index in [4.69, 9.17) is 9.15 Å². The van der Waals surface area contributed by atoms with Crippen LogP contribution in [0.25, 0.3) is 0 Å². The Morgan fingerprint density at radius 2 is 2.11 bits per heavy atom. The molecule has 0 unspecified atom stereocenters. The quantitative estimate of drug-likeness (QED) is 0.911. The molecule has 0 radical (unpaired) electrons. The summed E-state index contributed by atoms with van der Waals surface area (Å²) in [6.45, 7) is 9.00. The number of ether oxygens (including phenoxy) is 1. The van der Waals surface area contributed by atoms with Crippen molar-refractivity contribution in [3.8, 4) is 11.8 Å². The molecule has 0 aliphatic carbocycles. The van der Waals surface area contributed by atoms with E-state index in [2.05, 4.69) is 31.1 Å². The average molecular weight is 260 g/mol. The monoisotopic (exact) mass is 260 g/mol. The summed E-state index contributed by atoms with van der Waals surface area (Å²) in [6.07, 6.45) is 1.89. The molecule has 2 rings (SSSR count). The second-order valence-corrected chi connectivity index (χ2v) is 5.63. The van der Waals surface area contributed by atoms with Gasteiger partial charge in [-0.2, -0.15) is 4.98 Å². The lowest BCUT2D eigenvalue weighted by atomic mass is 10.1. The van der Waals surface area contributed by atoms with Crippen LogP contribution < -0.4 is 10.1 Å². The van der Waals surface area contributed by atoms with Gasteiger partial charge in [-0.3, -0.25) is 0 Å². The molecule has 0 spiro atoms. The number of nitrogens with zero attached hydrogens (tertiary/aromatic N) is 1. The highest BCUT2D eigenvalue weighted by atomic mass is 16.6. The van der Waals surface area contributed by atoms with Crippen LogP contribution in [0.3, 0.4) is 0 Å². The molecular weight excluding hydrogens is 240 g/mol. The molecule has 0 saturated heterocycles. The molecule has 0 bridgehead atoms. The van der Waals surface area contributed by atoms with Crippen LogP contribution in [0.2, 0.25) is 0 Å². The topological polar surface area (TPSA) is 47.3 Å². The first kappa shape index (κ1) is 13.6. The van der Waals surface area contributed by atoms with E-state index in [-0.39, 0.29) is 11.6 Å². The molecule has 0 aliphatic rings. The highest BCUT2D eigenvalue weighted by Crippen LogP contribution is 2.21. The maximum absolute atomic E-state index is 5.57. The van der Waals surface area contributed by atoms with Crippen LogP contribution in [0.4, 0.5) is 0 Å². The van der Waals surface area contributed by atoms with E-state index in [1.807, 2.05) is 31.2 Å². The largest absolute Gasteiger partial charge is 0.417 e. The number of benzene rings is 1. The third-order valence-electron chi connectivity index (χ3n) is 2.53. The van der Waals surface area contributed by atoms with Gasteiger partial charge < -0.3 is 14.5 Å². The van der Waals surface area contributed by atoms with Crippen molar-refractivity contribution in [2.45, 2.75) is 39.8 Å². The number of aryl methyl sites for hydroxylation is 1. The maximum Gasteiger partial charge on any atom is 0.399 e. The number of oxazole rings is 1. The van der Waals surface area contributed by atoms with Crippen molar-refractivity contribution in [2.24, 2.45) is 0 Å². The maximum atomic E-state index is 5.57. The Hall–Kier alpha value is -1.81. The van der Waals surface area contributed by atoms with Gasteiger partial charge in [0.1, 0.15) is 12.0 Å². The number of hydrogen-bond acceptors (Lipinski definition) is 4. The molecule has 2 aromatic rings. The molecule has 0 aliphatic heterocycles. The zero-order valence-electron chi connectivity index (χ0n) is 11.9. The van der Waals surface area contributed by atoms with Gasteiger partial charge in [0.25, 0.3) is 0 Å². The van der Waals surface area contributed by atoms with Gasteiger partial charge in [-0.25, -0.2) is 0 Å². The minimum absolute atomic E-state index is 0.0521. The molecule has 1 aromatic carbocycles. The van der Waals surface area contributed by atoms with Gasteiger partial charge in [0.15, 0.2) is 0 Å². The van der Waals surface area contributed by atoms with Crippen LogP contribution in [0, 0.1) is 6.92 Å². The molecule has 102 valence electrons. The van der Waals surface area contributed by atoms with Crippen molar-refractivity contribution in [1.29, 1.82) is 0 Å². The first-order valence-corrected chi connectivity index (χ1v) is 6.36. The SMILES string of the molecule is Cc1cccc(Oc2nc(CNC(C)(C)C)co2)c1. The number of nitrogens with one attached hydrogen (secondary N) is 1. The van der Waals surface area contributed by atoms with Crippen molar-refractivity contribution < 1.29 is 9.15 Å². The van der Waals surface area contributed by atoms with Crippen molar-refractivity contribution >= 4 is 0 Å². The summed E-state index contributed by atoms with van der Waals surface area (Å²) in [4.78, 5) is 4.29. The zero-order valence-corrected chi connectivity index (χ0v) is 11.9. The summed E-state index contributed by atoms with van der Waals surface area (Å²) < 4.78 is 10.9. The molecule has 19 heavy (non-hydrogen) atoms. The second kappa shape index (κ2) is 5.45. The number of hydrogen-bond donors (Lipinski definition) is 1. The molecule has 1 N–H and O–H groups in total. The van der Waals surface area contributed by atoms with Crippen LogP contribution in [0.5, 0.6) is 11.8 Å². The van der Waals surface area contributed by atoms with Gasteiger partial charge in [-0.1, -0.05) is 12.1 Å². The Morgan fingerprint density at radius 3 is 2.79 bits per heavy atom. The Balaban J connectivity index is 1.97. The van der Waals surface area contributed by atoms with Crippen LogP contribution >= 0.6 is 0 Å². The predicted molar refractivity (Wildman–Crippen MR) is 74.3 cm³/mol. The standard InChI is InChI=1S/C15H20N2O2/c1-11-6-5-7-13(8-11)19-14-17-12(10-18-14)9-16-15(2,3)4/h5-8,10,16H,9H2,1-4H3. The first-order valence-electron chi connectivity index (χ1n) is 6.36. The van der Waals surface area contributed by atoms with Crippen LogP contribution in [0.15, 0.2) is 34.9 Å². The molecule has 0 fully saturated rings. The molecule has 0 amide bonds. The Kier molecular flexibility index (Phi) is 3.90. The van der Waals surface area contributed by atoms with E-state index in [9.17, 15) is 0 Å². The van der Waals surface area contributed by atoms with E-state index in [0.29, 0.717) is 6.54 Å². The zero-order chi connectivity index (χ0) is 13.9. The minimum atomic E-state index is 0.0521. The number of rotatable bonds is 4. The summed E-state index contributed by atoms with van der Waals surface area (Å²) >= 11 is 0. The van der Waals surface area contributed by atoms with E-state index < -0.39 is 0 Å².